The molecule has 0 atom stereocenters. The van der Waals surface area contributed by atoms with Crippen molar-refractivity contribution in [3.63, 3.8) is 0 Å². The lowest BCUT2D eigenvalue weighted by Gasteiger charge is -2.26. The molecular formula is C23H24N4OS. The smallest absolute Gasteiger partial charge is 0.195 e. The summed E-state index contributed by atoms with van der Waals surface area (Å²) in [6.07, 6.45) is 2.09. The third-order valence-electron chi connectivity index (χ3n) is 5.35. The lowest BCUT2D eigenvalue weighted by molar-refractivity contribution is 0.0398. The van der Waals surface area contributed by atoms with Crippen LogP contribution in [0.4, 0.5) is 5.82 Å². The van der Waals surface area contributed by atoms with E-state index in [0.717, 1.165) is 61.4 Å². The van der Waals surface area contributed by atoms with Crippen LogP contribution in [-0.4, -0.2) is 53.7 Å². The second-order valence-electron chi connectivity index (χ2n) is 7.19. The number of anilines is 1. The minimum atomic E-state index is 0.834. The summed E-state index contributed by atoms with van der Waals surface area (Å²) in [6.45, 7) is 5.58. The zero-order valence-electron chi connectivity index (χ0n) is 16.3. The number of hydrogen-bond donors (Lipinski definition) is 1. The van der Waals surface area contributed by atoms with Gasteiger partial charge in [-0.05, 0) is 11.1 Å². The van der Waals surface area contributed by atoms with Gasteiger partial charge in [-0.25, -0.2) is 4.98 Å². The van der Waals surface area contributed by atoms with Gasteiger partial charge in [0.15, 0.2) is 4.96 Å². The molecular weight excluding hydrogens is 380 g/mol. The number of nitrogens with zero attached hydrogens (tertiary/aromatic N) is 3. The number of thiazole rings is 1. The number of ether oxygens (including phenoxy) is 1. The molecule has 3 heterocycles. The Balaban J connectivity index is 1.38. The van der Waals surface area contributed by atoms with Gasteiger partial charge in [0.25, 0.3) is 0 Å². The van der Waals surface area contributed by atoms with Crippen LogP contribution >= 0.6 is 11.3 Å². The molecule has 29 heavy (non-hydrogen) atoms. The van der Waals surface area contributed by atoms with Crippen molar-refractivity contribution in [3.8, 4) is 22.4 Å². The van der Waals surface area contributed by atoms with Crippen molar-refractivity contribution in [1.29, 1.82) is 0 Å². The van der Waals surface area contributed by atoms with Gasteiger partial charge >= 0.3 is 0 Å². The van der Waals surface area contributed by atoms with Crippen molar-refractivity contribution < 1.29 is 4.74 Å². The SMILES string of the molecule is c1ccc(-c2ccc(-c3nc4sccn4c3NCCN3CCOCC3)cc2)cc1. The maximum absolute atomic E-state index is 5.44. The Morgan fingerprint density at radius 1 is 0.931 bits per heavy atom. The normalized spacial score (nSPS) is 15.0. The highest BCUT2D eigenvalue weighted by Crippen LogP contribution is 2.32. The van der Waals surface area contributed by atoms with Crippen LogP contribution in [0.15, 0.2) is 66.2 Å². The Hall–Kier alpha value is -2.67. The second-order valence-corrected chi connectivity index (χ2v) is 8.06. The summed E-state index contributed by atoms with van der Waals surface area (Å²) >= 11 is 1.66. The topological polar surface area (TPSA) is 41.8 Å². The maximum Gasteiger partial charge on any atom is 0.195 e. The van der Waals surface area contributed by atoms with E-state index in [1.165, 1.54) is 11.1 Å². The van der Waals surface area contributed by atoms with Crippen molar-refractivity contribution in [3.05, 3.63) is 66.2 Å². The number of imidazole rings is 1. The largest absolute Gasteiger partial charge is 0.379 e. The highest BCUT2D eigenvalue weighted by molar-refractivity contribution is 7.15. The molecule has 0 bridgehead atoms. The number of aromatic nitrogens is 2. The summed E-state index contributed by atoms with van der Waals surface area (Å²) in [5.41, 5.74) is 4.60. The molecule has 1 aliphatic rings. The summed E-state index contributed by atoms with van der Waals surface area (Å²) in [7, 11) is 0. The van der Waals surface area contributed by atoms with Gasteiger partial charge in [-0.15, -0.1) is 11.3 Å². The van der Waals surface area contributed by atoms with Crippen LogP contribution in [0.25, 0.3) is 27.3 Å². The quantitative estimate of drug-likeness (QED) is 0.515. The molecule has 0 amide bonds. The number of hydrogen-bond acceptors (Lipinski definition) is 5. The number of morpholine rings is 1. The first-order valence-corrected chi connectivity index (χ1v) is 10.9. The van der Waals surface area contributed by atoms with E-state index in [4.69, 9.17) is 9.72 Å². The Kier molecular flexibility index (Phi) is 5.30. The van der Waals surface area contributed by atoms with Crippen molar-refractivity contribution in [2.75, 3.05) is 44.7 Å². The molecule has 148 valence electrons. The van der Waals surface area contributed by atoms with E-state index in [9.17, 15) is 0 Å². The zero-order valence-corrected chi connectivity index (χ0v) is 17.1. The fraction of sp³-hybridized carbons (Fsp3) is 0.261. The minimum Gasteiger partial charge on any atom is -0.379 e. The number of nitrogens with one attached hydrogen (secondary N) is 1. The molecule has 4 aromatic rings. The van der Waals surface area contributed by atoms with Gasteiger partial charge in [-0.1, -0.05) is 54.6 Å². The molecule has 0 unspecified atom stereocenters. The van der Waals surface area contributed by atoms with Gasteiger partial charge < -0.3 is 10.1 Å². The van der Waals surface area contributed by atoms with Crippen LogP contribution in [0.5, 0.6) is 0 Å². The Morgan fingerprint density at radius 3 is 2.45 bits per heavy atom. The van der Waals surface area contributed by atoms with E-state index in [0.29, 0.717) is 0 Å². The number of benzene rings is 2. The first-order chi connectivity index (χ1) is 14.4. The summed E-state index contributed by atoms with van der Waals surface area (Å²) in [4.78, 5) is 8.35. The summed E-state index contributed by atoms with van der Waals surface area (Å²) < 4.78 is 7.60. The molecule has 1 N–H and O–H groups in total. The molecule has 6 heteroatoms. The van der Waals surface area contributed by atoms with Crippen LogP contribution in [-0.2, 0) is 4.74 Å². The molecule has 5 nitrogen and oxygen atoms in total. The Bertz CT molecular complexity index is 1070. The molecule has 1 saturated heterocycles. The van der Waals surface area contributed by atoms with Crippen molar-refractivity contribution >= 4 is 22.1 Å². The van der Waals surface area contributed by atoms with Gasteiger partial charge in [0.05, 0.1) is 13.2 Å². The molecule has 0 aliphatic carbocycles. The summed E-state index contributed by atoms with van der Waals surface area (Å²) in [6, 6.07) is 19.2. The predicted octanol–water partition coefficient (Wildman–Crippen LogP) is 4.47. The van der Waals surface area contributed by atoms with Crippen LogP contribution in [0.1, 0.15) is 0 Å². The fourth-order valence-electron chi connectivity index (χ4n) is 3.76. The predicted molar refractivity (Wildman–Crippen MR) is 120 cm³/mol. The molecule has 1 aliphatic heterocycles. The molecule has 0 spiro atoms. The fourth-order valence-corrected chi connectivity index (χ4v) is 4.48. The third-order valence-corrected chi connectivity index (χ3v) is 6.11. The van der Waals surface area contributed by atoms with Gasteiger partial charge in [-0.3, -0.25) is 9.30 Å². The average molecular weight is 405 g/mol. The second kappa shape index (κ2) is 8.37. The lowest BCUT2D eigenvalue weighted by Crippen LogP contribution is -2.39. The number of rotatable bonds is 6. The molecule has 0 saturated carbocycles. The van der Waals surface area contributed by atoms with Crippen LogP contribution in [0.2, 0.25) is 0 Å². The summed E-state index contributed by atoms with van der Waals surface area (Å²) in [5.74, 6) is 1.07. The Labute approximate surface area is 174 Å². The maximum atomic E-state index is 5.44. The Morgan fingerprint density at radius 2 is 1.66 bits per heavy atom. The van der Waals surface area contributed by atoms with Crippen LogP contribution in [0, 0.1) is 0 Å². The average Bonchev–Trinajstić information content (AvgIpc) is 3.38. The minimum absolute atomic E-state index is 0.834. The highest BCUT2D eigenvalue weighted by Gasteiger charge is 2.16. The first kappa shape index (κ1) is 18.4. The van der Waals surface area contributed by atoms with E-state index in [-0.39, 0.29) is 0 Å². The molecule has 5 rings (SSSR count). The third kappa shape index (κ3) is 3.92. The van der Waals surface area contributed by atoms with Crippen molar-refractivity contribution in [2.24, 2.45) is 0 Å². The van der Waals surface area contributed by atoms with Gasteiger partial charge in [0.2, 0.25) is 0 Å². The highest BCUT2D eigenvalue weighted by atomic mass is 32.1. The lowest BCUT2D eigenvalue weighted by atomic mass is 10.0. The van der Waals surface area contributed by atoms with E-state index in [1.807, 2.05) is 6.07 Å². The van der Waals surface area contributed by atoms with Gasteiger partial charge in [-0.2, -0.15) is 0 Å². The van der Waals surface area contributed by atoms with E-state index in [1.54, 1.807) is 11.3 Å². The molecule has 2 aromatic carbocycles. The van der Waals surface area contributed by atoms with Crippen molar-refractivity contribution in [1.82, 2.24) is 14.3 Å². The van der Waals surface area contributed by atoms with E-state index < -0.39 is 0 Å². The summed E-state index contributed by atoms with van der Waals surface area (Å²) in [5, 5.41) is 5.72. The van der Waals surface area contributed by atoms with E-state index in [2.05, 4.69) is 74.7 Å². The van der Waals surface area contributed by atoms with Gasteiger partial charge in [0, 0.05) is 43.3 Å². The first-order valence-electron chi connectivity index (χ1n) is 10.0. The molecule has 0 radical (unpaired) electrons. The van der Waals surface area contributed by atoms with E-state index >= 15 is 0 Å². The van der Waals surface area contributed by atoms with Gasteiger partial charge in [0.1, 0.15) is 11.5 Å². The van der Waals surface area contributed by atoms with Crippen LogP contribution < -0.4 is 5.32 Å². The van der Waals surface area contributed by atoms with Crippen LogP contribution in [0.3, 0.4) is 0 Å². The molecule has 1 fully saturated rings. The van der Waals surface area contributed by atoms with Crippen molar-refractivity contribution in [2.45, 2.75) is 0 Å². The number of fused-ring (bicyclic) bond motifs is 1. The standard InChI is InChI=1S/C23H24N4OS/c1-2-4-18(5-3-1)19-6-8-20(9-7-19)21-22(27-14-17-29-23(27)25-21)24-10-11-26-12-15-28-16-13-26/h1-9,14,17,24H,10-13,15-16H2. The molecule has 2 aromatic heterocycles. The monoisotopic (exact) mass is 404 g/mol. The zero-order chi connectivity index (χ0) is 19.5.